The average molecular weight is 429 g/mol. The van der Waals surface area contributed by atoms with Crippen LogP contribution in [-0.4, -0.2) is 41.9 Å². The molecule has 1 atom stereocenters. The van der Waals surface area contributed by atoms with Gasteiger partial charge in [0.05, 0.1) is 18.0 Å². The van der Waals surface area contributed by atoms with Crippen molar-refractivity contribution in [3.63, 3.8) is 0 Å². The number of aromatic nitrogens is 2. The molecule has 0 unspecified atom stereocenters. The van der Waals surface area contributed by atoms with Crippen LogP contribution in [0, 0.1) is 10.1 Å². The molecule has 1 aliphatic rings. The molecule has 0 aliphatic carbocycles. The zero-order chi connectivity index (χ0) is 21.3. The predicted molar refractivity (Wildman–Crippen MR) is 108 cm³/mol. The van der Waals surface area contributed by atoms with Crippen molar-refractivity contribution in [1.29, 1.82) is 0 Å². The molecule has 3 aromatic rings. The van der Waals surface area contributed by atoms with Crippen LogP contribution in [-0.2, 0) is 27.7 Å². The van der Waals surface area contributed by atoms with E-state index in [1.165, 1.54) is 12.5 Å². The number of ether oxygens (including phenoxy) is 2. The van der Waals surface area contributed by atoms with E-state index in [-0.39, 0.29) is 29.4 Å². The van der Waals surface area contributed by atoms with E-state index >= 15 is 0 Å². The second kappa shape index (κ2) is 7.88. The minimum Gasteiger partial charge on any atom is -0.443 e. The summed E-state index contributed by atoms with van der Waals surface area (Å²) in [5, 5.41) is 10.8. The van der Waals surface area contributed by atoms with Gasteiger partial charge in [-0.3, -0.25) is 4.57 Å². The second-order valence-electron chi connectivity index (χ2n) is 7.03. The number of benzene rings is 2. The lowest BCUT2D eigenvalue weighted by Crippen LogP contribution is -2.32. The molecule has 10 heteroatoms. The minimum absolute atomic E-state index is 0.229. The van der Waals surface area contributed by atoms with Gasteiger partial charge >= 0.3 is 11.8 Å². The topological polar surface area (TPSA) is 114 Å². The van der Waals surface area contributed by atoms with Gasteiger partial charge in [-0.1, -0.05) is 36.4 Å². The largest absolute Gasteiger partial charge is 0.443 e. The van der Waals surface area contributed by atoms with Crippen LogP contribution in [0.3, 0.4) is 0 Å². The number of imidazole rings is 1. The van der Waals surface area contributed by atoms with Crippen LogP contribution in [0.5, 0.6) is 6.01 Å². The number of hydrogen-bond acceptors (Lipinski definition) is 7. The number of nitrogens with zero attached hydrogens (tertiary/aromatic N) is 3. The van der Waals surface area contributed by atoms with Crippen molar-refractivity contribution in [1.82, 2.24) is 9.55 Å². The van der Waals surface area contributed by atoms with Crippen LogP contribution >= 0.6 is 0 Å². The fourth-order valence-corrected chi connectivity index (χ4v) is 3.79. The fraction of sp³-hybridized carbons (Fsp3) is 0.250. The quantitative estimate of drug-likeness (QED) is 0.437. The standard InChI is InChI=1S/C20H19N3O6S/c1-30(26,27)18-8-6-16(7-9-18)15-4-2-14(3-5-15)12-28-17-10-22-11-19(23(24)25)21-20(22)29-13-17/h2-9,11,17H,10,12-13H2,1H3/t17-/m0/s1. The Morgan fingerprint density at radius 2 is 1.80 bits per heavy atom. The molecule has 30 heavy (non-hydrogen) atoms. The maximum Gasteiger partial charge on any atom is 0.414 e. The summed E-state index contributed by atoms with van der Waals surface area (Å²) in [7, 11) is -3.21. The van der Waals surface area contributed by atoms with Crippen molar-refractivity contribution in [3.05, 3.63) is 70.4 Å². The molecule has 156 valence electrons. The Hall–Kier alpha value is -3.24. The van der Waals surface area contributed by atoms with Gasteiger partial charge in [0.25, 0.3) is 0 Å². The lowest BCUT2D eigenvalue weighted by molar-refractivity contribution is -0.389. The molecule has 0 N–H and O–H groups in total. The van der Waals surface area contributed by atoms with Gasteiger partial charge in [-0.05, 0) is 33.7 Å². The SMILES string of the molecule is CS(=O)(=O)c1ccc(-c2ccc(CO[C@@H]3COc4nc([N+](=O)[O-])cn4C3)cc2)cc1. The molecule has 1 aromatic heterocycles. The lowest BCUT2D eigenvalue weighted by atomic mass is 10.0. The molecular formula is C20H19N3O6S. The van der Waals surface area contributed by atoms with E-state index in [9.17, 15) is 18.5 Å². The maximum atomic E-state index is 11.6. The van der Waals surface area contributed by atoms with Crippen molar-refractivity contribution in [2.75, 3.05) is 12.9 Å². The van der Waals surface area contributed by atoms with Gasteiger partial charge in [0.15, 0.2) is 9.84 Å². The van der Waals surface area contributed by atoms with E-state index in [4.69, 9.17) is 9.47 Å². The number of sulfone groups is 1. The molecule has 2 heterocycles. The smallest absolute Gasteiger partial charge is 0.414 e. The van der Waals surface area contributed by atoms with Gasteiger partial charge in [-0.15, -0.1) is 0 Å². The molecule has 0 saturated carbocycles. The molecule has 0 spiro atoms. The highest BCUT2D eigenvalue weighted by Crippen LogP contribution is 2.24. The maximum absolute atomic E-state index is 11.6. The van der Waals surface area contributed by atoms with Gasteiger partial charge in [-0.2, -0.15) is 0 Å². The van der Waals surface area contributed by atoms with Crippen molar-refractivity contribution >= 4 is 15.7 Å². The third-order valence-corrected chi connectivity index (χ3v) is 5.90. The highest BCUT2D eigenvalue weighted by Gasteiger charge is 2.28. The van der Waals surface area contributed by atoms with Gasteiger partial charge in [0.2, 0.25) is 0 Å². The summed E-state index contributed by atoms with van der Waals surface area (Å²) in [5.74, 6) is -0.245. The second-order valence-corrected chi connectivity index (χ2v) is 9.04. The fourth-order valence-electron chi connectivity index (χ4n) is 3.16. The first-order valence-corrected chi connectivity index (χ1v) is 11.0. The third-order valence-electron chi connectivity index (χ3n) is 4.77. The van der Waals surface area contributed by atoms with Crippen molar-refractivity contribution < 1.29 is 22.8 Å². The Morgan fingerprint density at radius 1 is 1.17 bits per heavy atom. The summed E-state index contributed by atoms with van der Waals surface area (Å²) in [4.78, 5) is 14.4. The monoisotopic (exact) mass is 429 g/mol. The molecule has 9 nitrogen and oxygen atoms in total. The molecule has 2 aromatic carbocycles. The lowest BCUT2D eigenvalue weighted by Gasteiger charge is -2.22. The number of nitro groups is 1. The molecular weight excluding hydrogens is 410 g/mol. The molecule has 1 aliphatic heterocycles. The number of rotatable bonds is 6. The first-order valence-electron chi connectivity index (χ1n) is 9.15. The molecule has 0 amide bonds. The van der Waals surface area contributed by atoms with Crippen LogP contribution < -0.4 is 4.74 Å². The van der Waals surface area contributed by atoms with Gasteiger partial charge < -0.3 is 19.6 Å². The van der Waals surface area contributed by atoms with Crippen molar-refractivity contribution in [2.45, 2.75) is 24.2 Å². The van der Waals surface area contributed by atoms with E-state index in [1.807, 2.05) is 24.3 Å². The van der Waals surface area contributed by atoms with Crippen LogP contribution in [0.1, 0.15) is 5.56 Å². The summed E-state index contributed by atoms with van der Waals surface area (Å²) in [6.45, 7) is 1.08. The van der Waals surface area contributed by atoms with Crippen LogP contribution in [0.2, 0.25) is 0 Å². The van der Waals surface area contributed by atoms with Gasteiger partial charge in [0.1, 0.15) is 18.9 Å². The third kappa shape index (κ3) is 4.34. The van der Waals surface area contributed by atoms with E-state index in [0.717, 1.165) is 16.7 Å². The van der Waals surface area contributed by atoms with Gasteiger partial charge in [0, 0.05) is 11.2 Å². The molecule has 0 saturated heterocycles. The van der Waals surface area contributed by atoms with E-state index < -0.39 is 14.8 Å². The Kier molecular flexibility index (Phi) is 5.27. The van der Waals surface area contributed by atoms with Crippen molar-refractivity contribution in [2.24, 2.45) is 0 Å². The number of fused-ring (bicyclic) bond motifs is 1. The van der Waals surface area contributed by atoms with E-state index in [1.54, 1.807) is 28.8 Å². The highest BCUT2D eigenvalue weighted by atomic mass is 32.2. The first-order chi connectivity index (χ1) is 14.3. The van der Waals surface area contributed by atoms with Crippen LogP contribution in [0.25, 0.3) is 11.1 Å². The Balaban J connectivity index is 1.36. The zero-order valence-corrected chi connectivity index (χ0v) is 16.9. The molecule has 0 radical (unpaired) electrons. The summed E-state index contributed by atoms with van der Waals surface area (Å²) in [6.07, 6.45) is 2.28. The van der Waals surface area contributed by atoms with E-state index in [2.05, 4.69) is 4.98 Å². The van der Waals surface area contributed by atoms with Crippen LogP contribution in [0.15, 0.2) is 59.6 Å². The minimum atomic E-state index is -3.21. The first kappa shape index (κ1) is 20.0. The van der Waals surface area contributed by atoms with Crippen molar-refractivity contribution in [3.8, 4) is 17.1 Å². The normalized spacial score (nSPS) is 16.0. The summed E-state index contributed by atoms with van der Waals surface area (Å²) >= 11 is 0. The zero-order valence-electron chi connectivity index (χ0n) is 16.1. The highest BCUT2D eigenvalue weighted by molar-refractivity contribution is 7.90. The molecule has 0 bridgehead atoms. The van der Waals surface area contributed by atoms with E-state index in [0.29, 0.717) is 13.2 Å². The summed E-state index contributed by atoms with van der Waals surface area (Å²) < 4.78 is 36.0. The van der Waals surface area contributed by atoms with Crippen LogP contribution in [0.4, 0.5) is 5.82 Å². The average Bonchev–Trinajstić information content (AvgIpc) is 3.16. The summed E-state index contributed by atoms with van der Waals surface area (Å²) in [5.41, 5.74) is 2.86. The number of hydrogen-bond donors (Lipinski definition) is 0. The Labute approximate surface area is 173 Å². The van der Waals surface area contributed by atoms with Gasteiger partial charge in [-0.25, -0.2) is 8.42 Å². The predicted octanol–water partition coefficient (Wildman–Crippen LogP) is 2.84. The Bertz CT molecular complexity index is 1170. The molecule has 4 rings (SSSR count). The molecule has 0 fully saturated rings. The summed E-state index contributed by atoms with van der Waals surface area (Å²) in [6, 6.07) is 14.8. The Morgan fingerprint density at radius 3 is 2.40 bits per heavy atom.